The molecule has 14 heavy (non-hydrogen) atoms. The van der Waals surface area contributed by atoms with Gasteiger partial charge >= 0.3 is 0 Å². The standard InChI is InChI=1S/C10H10O3S/c1-7(11)6-10(14)13-9-5-3-2-4-8(9)12/h2-5,12H,6H2,1H3. The fraction of sp³-hybridized carbons (Fsp3) is 0.200. The zero-order chi connectivity index (χ0) is 10.6. The van der Waals surface area contributed by atoms with Gasteiger partial charge in [-0.25, -0.2) is 0 Å². The van der Waals surface area contributed by atoms with E-state index < -0.39 is 0 Å². The first-order valence-electron chi connectivity index (χ1n) is 4.07. The molecule has 0 aliphatic rings. The fourth-order valence-corrected chi connectivity index (χ4v) is 1.20. The molecule has 0 unspecified atom stereocenters. The highest BCUT2D eigenvalue weighted by Gasteiger charge is 2.06. The Bertz CT molecular complexity index is 360. The fourth-order valence-electron chi connectivity index (χ4n) is 0.905. The van der Waals surface area contributed by atoms with Gasteiger partial charge in [0.2, 0.25) is 0 Å². The number of ketones is 1. The van der Waals surface area contributed by atoms with Crippen molar-refractivity contribution in [1.82, 2.24) is 0 Å². The summed E-state index contributed by atoms with van der Waals surface area (Å²) in [5.41, 5.74) is 0. The van der Waals surface area contributed by atoms with E-state index in [9.17, 15) is 9.90 Å². The zero-order valence-electron chi connectivity index (χ0n) is 7.69. The minimum absolute atomic E-state index is 0.0124. The number of thiocarbonyl (C=S) groups is 1. The van der Waals surface area contributed by atoms with Gasteiger partial charge in [0.1, 0.15) is 5.78 Å². The quantitative estimate of drug-likeness (QED) is 0.776. The Morgan fingerprint density at radius 1 is 1.50 bits per heavy atom. The van der Waals surface area contributed by atoms with Crippen LogP contribution in [0.4, 0.5) is 0 Å². The summed E-state index contributed by atoms with van der Waals surface area (Å²) < 4.78 is 5.12. The van der Waals surface area contributed by atoms with Crippen molar-refractivity contribution in [1.29, 1.82) is 0 Å². The second kappa shape index (κ2) is 4.72. The Balaban J connectivity index is 2.65. The molecule has 0 spiro atoms. The van der Waals surface area contributed by atoms with Crippen molar-refractivity contribution in [3.63, 3.8) is 0 Å². The summed E-state index contributed by atoms with van der Waals surface area (Å²) in [6, 6.07) is 6.47. The van der Waals surface area contributed by atoms with Gasteiger partial charge in [0.15, 0.2) is 16.5 Å². The predicted molar refractivity (Wildman–Crippen MR) is 56.6 cm³/mol. The average Bonchev–Trinajstić information content (AvgIpc) is 2.07. The van der Waals surface area contributed by atoms with Crippen molar-refractivity contribution in [2.45, 2.75) is 13.3 Å². The van der Waals surface area contributed by atoms with Crippen LogP contribution in [0.1, 0.15) is 13.3 Å². The Morgan fingerprint density at radius 2 is 2.14 bits per heavy atom. The number of carbonyl (C=O) groups excluding carboxylic acids is 1. The molecule has 74 valence electrons. The van der Waals surface area contributed by atoms with Crippen molar-refractivity contribution in [2.75, 3.05) is 0 Å². The molecule has 0 radical (unpaired) electrons. The minimum Gasteiger partial charge on any atom is -0.504 e. The summed E-state index contributed by atoms with van der Waals surface area (Å²) in [5.74, 6) is 0.225. The number of carbonyl (C=O) groups is 1. The highest BCUT2D eigenvalue weighted by atomic mass is 32.1. The van der Waals surface area contributed by atoms with Gasteiger partial charge in [-0.15, -0.1) is 0 Å². The number of hydrogen-bond donors (Lipinski definition) is 1. The largest absolute Gasteiger partial charge is 0.504 e. The molecule has 1 aromatic rings. The van der Waals surface area contributed by atoms with Crippen LogP contribution in [0.3, 0.4) is 0 Å². The van der Waals surface area contributed by atoms with E-state index >= 15 is 0 Å². The maximum atomic E-state index is 10.7. The summed E-state index contributed by atoms with van der Waals surface area (Å²) in [5, 5.41) is 9.49. The smallest absolute Gasteiger partial charge is 0.174 e. The molecule has 0 fully saturated rings. The molecule has 0 heterocycles. The van der Waals surface area contributed by atoms with Crippen LogP contribution >= 0.6 is 12.2 Å². The van der Waals surface area contributed by atoms with Crippen molar-refractivity contribution >= 4 is 23.1 Å². The van der Waals surface area contributed by atoms with Gasteiger partial charge in [0.25, 0.3) is 0 Å². The van der Waals surface area contributed by atoms with Crippen molar-refractivity contribution < 1.29 is 14.6 Å². The van der Waals surface area contributed by atoms with Crippen LogP contribution in [-0.4, -0.2) is 15.9 Å². The molecule has 0 saturated heterocycles. The molecule has 1 N–H and O–H groups in total. The number of Topliss-reactive ketones (excluding diaryl/α,β-unsaturated/α-hetero) is 1. The molecule has 0 aliphatic heterocycles. The number of benzene rings is 1. The van der Waals surface area contributed by atoms with Crippen molar-refractivity contribution in [2.24, 2.45) is 0 Å². The highest BCUT2D eigenvalue weighted by molar-refractivity contribution is 7.80. The normalized spacial score (nSPS) is 9.50. The van der Waals surface area contributed by atoms with Gasteiger partial charge in [-0.3, -0.25) is 4.79 Å². The van der Waals surface area contributed by atoms with Gasteiger partial charge < -0.3 is 9.84 Å². The van der Waals surface area contributed by atoms with Crippen LogP contribution in [0.25, 0.3) is 0 Å². The second-order valence-corrected chi connectivity index (χ2v) is 3.28. The number of hydrogen-bond acceptors (Lipinski definition) is 4. The molecular formula is C10H10O3S. The third-order valence-electron chi connectivity index (χ3n) is 1.48. The zero-order valence-corrected chi connectivity index (χ0v) is 8.50. The Kier molecular flexibility index (Phi) is 3.59. The number of ether oxygens (including phenoxy) is 1. The van der Waals surface area contributed by atoms with E-state index in [1.165, 1.54) is 13.0 Å². The van der Waals surface area contributed by atoms with Crippen LogP contribution < -0.4 is 4.74 Å². The van der Waals surface area contributed by atoms with Gasteiger partial charge in [0, 0.05) is 0 Å². The Morgan fingerprint density at radius 3 is 2.71 bits per heavy atom. The number of phenols is 1. The van der Waals surface area contributed by atoms with E-state index in [2.05, 4.69) is 0 Å². The molecule has 0 atom stereocenters. The predicted octanol–water partition coefficient (Wildman–Crippen LogP) is 2.08. The molecule has 1 rings (SSSR count). The van der Waals surface area contributed by atoms with Gasteiger partial charge in [0.05, 0.1) is 6.42 Å². The Hall–Kier alpha value is -1.42. The third kappa shape index (κ3) is 3.14. The van der Waals surface area contributed by atoms with Crippen molar-refractivity contribution in [3.8, 4) is 11.5 Å². The summed E-state index contributed by atoms with van der Waals surface area (Å²) in [6.07, 6.45) is 0.0870. The highest BCUT2D eigenvalue weighted by Crippen LogP contribution is 2.24. The maximum Gasteiger partial charge on any atom is 0.174 e. The first-order chi connectivity index (χ1) is 6.59. The summed E-state index contributed by atoms with van der Waals surface area (Å²) in [7, 11) is 0. The molecular weight excluding hydrogens is 200 g/mol. The molecule has 1 aromatic carbocycles. The summed E-state index contributed by atoms with van der Waals surface area (Å²) >= 11 is 4.82. The molecule has 0 aliphatic carbocycles. The lowest BCUT2D eigenvalue weighted by Gasteiger charge is -2.06. The number of para-hydroxylation sites is 2. The SMILES string of the molecule is CC(=O)CC(=S)Oc1ccccc1O. The van der Waals surface area contributed by atoms with E-state index in [1.54, 1.807) is 18.2 Å². The van der Waals surface area contributed by atoms with Gasteiger partial charge in [-0.1, -0.05) is 12.1 Å². The maximum absolute atomic E-state index is 10.7. The Labute approximate surface area is 87.3 Å². The third-order valence-corrected chi connectivity index (χ3v) is 1.71. The lowest BCUT2D eigenvalue weighted by atomic mass is 10.3. The monoisotopic (exact) mass is 210 g/mol. The van der Waals surface area contributed by atoms with E-state index in [-0.39, 0.29) is 28.8 Å². The number of aromatic hydroxyl groups is 1. The first kappa shape index (κ1) is 10.7. The van der Waals surface area contributed by atoms with E-state index in [4.69, 9.17) is 17.0 Å². The van der Waals surface area contributed by atoms with Crippen molar-refractivity contribution in [3.05, 3.63) is 24.3 Å². The minimum atomic E-state index is -0.0644. The summed E-state index contributed by atoms with van der Waals surface area (Å²) in [6.45, 7) is 1.43. The number of phenolic OH excluding ortho intramolecular Hbond substituents is 1. The molecule has 0 bridgehead atoms. The molecule has 0 saturated carbocycles. The van der Waals surface area contributed by atoms with Crippen LogP contribution in [0.2, 0.25) is 0 Å². The average molecular weight is 210 g/mol. The van der Waals surface area contributed by atoms with E-state index in [1.807, 2.05) is 0 Å². The van der Waals surface area contributed by atoms with Crippen LogP contribution in [0.15, 0.2) is 24.3 Å². The second-order valence-electron chi connectivity index (χ2n) is 2.82. The molecule has 0 amide bonds. The lowest BCUT2D eigenvalue weighted by Crippen LogP contribution is -2.09. The van der Waals surface area contributed by atoms with Gasteiger partial charge in [-0.05, 0) is 31.3 Å². The molecule has 0 aromatic heterocycles. The van der Waals surface area contributed by atoms with Crippen LogP contribution in [-0.2, 0) is 4.79 Å². The van der Waals surface area contributed by atoms with E-state index in [0.717, 1.165) is 0 Å². The number of rotatable bonds is 3. The summed E-state index contributed by atoms with van der Waals surface area (Å²) in [4.78, 5) is 10.7. The lowest BCUT2D eigenvalue weighted by molar-refractivity contribution is -0.115. The van der Waals surface area contributed by atoms with Crippen LogP contribution in [0, 0.1) is 0 Å². The molecule has 4 heteroatoms. The van der Waals surface area contributed by atoms with E-state index in [0.29, 0.717) is 0 Å². The molecule has 3 nitrogen and oxygen atoms in total. The van der Waals surface area contributed by atoms with Crippen LogP contribution in [0.5, 0.6) is 11.5 Å². The topological polar surface area (TPSA) is 46.5 Å². The first-order valence-corrected chi connectivity index (χ1v) is 4.48. The van der Waals surface area contributed by atoms with Gasteiger partial charge in [-0.2, -0.15) is 0 Å².